The molecule has 0 saturated carbocycles. The summed E-state index contributed by atoms with van der Waals surface area (Å²) in [6.07, 6.45) is 0. The van der Waals surface area contributed by atoms with Crippen molar-refractivity contribution in [2.75, 3.05) is 10.6 Å². The minimum absolute atomic E-state index is 0.0420. The van der Waals surface area contributed by atoms with Crippen LogP contribution in [0.4, 0.5) is 11.4 Å². The third-order valence-corrected chi connectivity index (χ3v) is 3.86. The van der Waals surface area contributed by atoms with Crippen molar-refractivity contribution in [3.63, 3.8) is 0 Å². The number of carbonyl (C=O) groups excluding carboxylic acids is 2. The Morgan fingerprint density at radius 2 is 2.20 bits per heavy atom. The minimum Gasteiger partial charge on any atom is -0.325 e. The fraction of sp³-hybridized carbons (Fsp3) is 0.231. The van der Waals surface area contributed by atoms with Gasteiger partial charge in [0.1, 0.15) is 0 Å². The summed E-state index contributed by atoms with van der Waals surface area (Å²) in [5.41, 5.74) is 2.00. The van der Waals surface area contributed by atoms with Gasteiger partial charge in [0.2, 0.25) is 5.91 Å². The molecule has 0 unspecified atom stereocenters. The lowest BCUT2D eigenvalue weighted by Crippen LogP contribution is -2.26. The topological polar surface area (TPSA) is 84.0 Å². The van der Waals surface area contributed by atoms with Crippen LogP contribution in [0.2, 0.25) is 0 Å². The molecule has 6 nitrogen and oxygen atoms in total. The van der Waals surface area contributed by atoms with Crippen LogP contribution in [0.3, 0.4) is 0 Å². The summed E-state index contributed by atoms with van der Waals surface area (Å²) < 4.78 is 3.65. The summed E-state index contributed by atoms with van der Waals surface area (Å²) in [7, 11) is 0. The van der Waals surface area contributed by atoms with Crippen molar-refractivity contribution < 1.29 is 9.59 Å². The molecule has 0 atom stereocenters. The first-order valence-electron chi connectivity index (χ1n) is 6.03. The molecule has 1 aliphatic rings. The number of aromatic nitrogens is 2. The number of rotatable bonds is 2. The molecule has 0 saturated heterocycles. The number of nitrogens with one attached hydrogen (secondary N) is 2. The predicted molar refractivity (Wildman–Crippen MR) is 76.0 cm³/mol. The van der Waals surface area contributed by atoms with Gasteiger partial charge in [0.05, 0.1) is 5.41 Å². The number of nitrogens with zero attached hydrogens (tertiary/aromatic N) is 2. The summed E-state index contributed by atoms with van der Waals surface area (Å²) >= 11 is 1.12. The van der Waals surface area contributed by atoms with Gasteiger partial charge in [0.25, 0.3) is 5.91 Å². The zero-order valence-electron chi connectivity index (χ0n) is 10.9. The van der Waals surface area contributed by atoms with E-state index in [1.54, 1.807) is 17.5 Å². The number of hydrogen-bond donors (Lipinski definition) is 2. The third-order valence-electron chi connectivity index (χ3n) is 3.36. The van der Waals surface area contributed by atoms with E-state index in [1.807, 2.05) is 19.9 Å². The van der Waals surface area contributed by atoms with Gasteiger partial charge in [-0.3, -0.25) is 9.59 Å². The van der Waals surface area contributed by atoms with Crippen LogP contribution in [0.5, 0.6) is 0 Å². The van der Waals surface area contributed by atoms with E-state index >= 15 is 0 Å². The molecule has 1 aromatic carbocycles. The van der Waals surface area contributed by atoms with E-state index in [4.69, 9.17) is 0 Å². The Hall–Kier alpha value is -2.28. The Morgan fingerprint density at radius 1 is 1.40 bits per heavy atom. The monoisotopic (exact) mass is 288 g/mol. The molecule has 2 aromatic rings. The van der Waals surface area contributed by atoms with Gasteiger partial charge in [0.15, 0.2) is 5.69 Å². The molecule has 20 heavy (non-hydrogen) atoms. The highest BCUT2D eigenvalue weighted by atomic mass is 32.1. The fourth-order valence-electron chi connectivity index (χ4n) is 2.13. The highest BCUT2D eigenvalue weighted by molar-refractivity contribution is 7.03. The quantitative estimate of drug-likeness (QED) is 0.885. The van der Waals surface area contributed by atoms with Crippen molar-refractivity contribution in [2.24, 2.45) is 0 Å². The van der Waals surface area contributed by atoms with E-state index in [-0.39, 0.29) is 17.5 Å². The molecular formula is C13H12N4O2S. The predicted octanol–water partition coefficient (Wildman–Crippen LogP) is 2.02. The van der Waals surface area contributed by atoms with Crippen LogP contribution in [0, 0.1) is 0 Å². The van der Waals surface area contributed by atoms with Gasteiger partial charge in [-0.05, 0) is 43.1 Å². The van der Waals surface area contributed by atoms with E-state index in [2.05, 4.69) is 20.2 Å². The second-order valence-corrected chi connectivity index (χ2v) is 5.69. The molecule has 0 aliphatic carbocycles. The molecule has 1 aliphatic heterocycles. The summed E-state index contributed by atoms with van der Waals surface area (Å²) in [5.74, 6) is -0.359. The normalized spacial score (nSPS) is 15.6. The zero-order valence-corrected chi connectivity index (χ0v) is 11.7. The Morgan fingerprint density at radius 3 is 2.90 bits per heavy atom. The molecule has 102 valence electrons. The SMILES string of the molecule is CC1(C)C(=O)Nc2cc(NC(=O)c3csnn3)ccc21. The van der Waals surface area contributed by atoms with Crippen LogP contribution in [-0.2, 0) is 10.2 Å². The maximum absolute atomic E-state index is 11.9. The van der Waals surface area contributed by atoms with Crippen LogP contribution in [0.15, 0.2) is 23.6 Å². The average molecular weight is 288 g/mol. The molecule has 2 amide bonds. The van der Waals surface area contributed by atoms with Crippen molar-refractivity contribution >= 4 is 34.7 Å². The summed E-state index contributed by atoms with van der Waals surface area (Å²) in [5, 5.41) is 10.8. The molecular weight excluding hydrogens is 276 g/mol. The van der Waals surface area contributed by atoms with Crippen molar-refractivity contribution in [3.8, 4) is 0 Å². The summed E-state index contributed by atoms with van der Waals surface area (Å²) in [4.78, 5) is 23.7. The Balaban J connectivity index is 1.86. The maximum Gasteiger partial charge on any atom is 0.277 e. The van der Waals surface area contributed by atoms with Crippen molar-refractivity contribution in [1.29, 1.82) is 0 Å². The van der Waals surface area contributed by atoms with Crippen LogP contribution >= 0.6 is 11.5 Å². The van der Waals surface area contributed by atoms with Gasteiger partial charge in [-0.1, -0.05) is 10.6 Å². The fourth-order valence-corrected chi connectivity index (χ4v) is 2.57. The standard InChI is InChI=1S/C13H12N4O2S/c1-13(2)8-4-3-7(5-9(8)15-12(13)19)14-11(18)10-6-20-17-16-10/h3-6H,1-2H3,(H,14,18)(H,15,19). The van der Waals surface area contributed by atoms with Crippen molar-refractivity contribution in [3.05, 3.63) is 34.8 Å². The van der Waals surface area contributed by atoms with Gasteiger partial charge < -0.3 is 10.6 Å². The molecule has 2 heterocycles. The minimum atomic E-state index is -0.545. The number of anilines is 2. The van der Waals surface area contributed by atoms with Gasteiger partial charge in [0, 0.05) is 16.8 Å². The first-order valence-corrected chi connectivity index (χ1v) is 6.86. The number of carbonyl (C=O) groups is 2. The Labute approximate surface area is 119 Å². The van der Waals surface area contributed by atoms with Gasteiger partial charge in [-0.15, -0.1) is 5.10 Å². The molecule has 1 aromatic heterocycles. The van der Waals surface area contributed by atoms with Gasteiger partial charge in [-0.25, -0.2) is 0 Å². The highest BCUT2D eigenvalue weighted by Crippen LogP contribution is 2.38. The largest absolute Gasteiger partial charge is 0.325 e. The first kappa shape index (κ1) is 12.7. The lowest BCUT2D eigenvalue weighted by Gasteiger charge is -2.15. The van der Waals surface area contributed by atoms with Gasteiger partial charge in [-0.2, -0.15) is 0 Å². The van der Waals surface area contributed by atoms with Crippen LogP contribution in [0.25, 0.3) is 0 Å². The molecule has 0 spiro atoms. The lowest BCUT2D eigenvalue weighted by atomic mass is 9.86. The summed E-state index contributed by atoms with van der Waals surface area (Å²) in [6, 6.07) is 5.38. The maximum atomic E-state index is 11.9. The number of amides is 2. The van der Waals surface area contributed by atoms with Crippen molar-refractivity contribution in [2.45, 2.75) is 19.3 Å². The molecule has 0 fully saturated rings. The molecule has 0 radical (unpaired) electrons. The smallest absolute Gasteiger partial charge is 0.277 e. The zero-order chi connectivity index (χ0) is 14.3. The van der Waals surface area contributed by atoms with E-state index in [0.29, 0.717) is 5.69 Å². The summed E-state index contributed by atoms with van der Waals surface area (Å²) in [6.45, 7) is 3.74. The van der Waals surface area contributed by atoms with E-state index < -0.39 is 5.41 Å². The van der Waals surface area contributed by atoms with E-state index in [0.717, 1.165) is 22.8 Å². The van der Waals surface area contributed by atoms with E-state index in [9.17, 15) is 9.59 Å². The average Bonchev–Trinajstić information content (AvgIpc) is 2.98. The highest BCUT2D eigenvalue weighted by Gasteiger charge is 2.38. The number of hydrogen-bond acceptors (Lipinski definition) is 5. The van der Waals surface area contributed by atoms with Crippen LogP contribution in [0.1, 0.15) is 29.9 Å². The third kappa shape index (κ3) is 1.96. The Bertz CT molecular complexity index is 694. The van der Waals surface area contributed by atoms with Gasteiger partial charge >= 0.3 is 0 Å². The number of fused-ring (bicyclic) bond motifs is 1. The van der Waals surface area contributed by atoms with Crippen LogP contribution < -0.4 is 10.6 Å². The lowest BCUT2D eigenvalue weighted by molar-refractivity contribution is -0.119. The molecule has 2 N–H and O–H groups in total. The first-order chi connectivity index (χ1) is 9.48. The second kappa shape index (κ2) is 4.38. The van der Waals surface area contributed by atoms with Crippen LogP contribution in [-0.4, -0.2) is 21.4 Å². The molecule has 0 bridgehead atoms. The van der Waals surface area contributed by atoms with E-state index in [1.165, 1.54) is 0 Å². The molecule has 3 rings (SSSR count). The Kier molecular flexibility index (Phi) is 2.79. The number of benzene rings is 1. The molecule has 7 heteroatoms. The van der Waals surface area contributed by atoms with Crippen molar-refractivity contribution in [1.82, 2.24) is 9.59 Å². The second-order valence-electron chi connectivity index (χ2n) is 5.08.